The lowest BCUT2D eigenvalue weighted by molar-refractivity contribution is -0.0752. The van der Waals surface area contributed by atoms with Crippen LogP contribution in [0.2, 0.25) is 10.0 Å². The van der Waals surface area contributed by atoms with Crippen LogP contribution >= 0.6 is 23.2 Å². The lowest BCUT2D eigenvalue weighted by Crippen LogP contribution is -2.55. The van der Waals surface area contributed by atoms with Gasteiger partial charge in [-0.1, -0.05) is 23.2 Å². The van der Waals surface area contributed by atoms with E-state index >= 15 is 0 Å². The van der Waals surface area contributed by atoms with Crippen LogP contribution in [0.25, 0.3) is 22.0 Å². The second-order valence-corrected chi connectivity index (χ2v) is 11.7. The Bertz CT molecular complexity index is 1190. The molecule has 1 aromatic carbocycles. The molecule has 3 aliphatic rings. The van der Waals surface area contributed by atoms with E-state index in [-0.39, 0.29) is 5.54 Å². The number of likely N-dealkylation sites (N-methyl/N-ethyl adjacent to an activating group) is 1. The fraction of sp³-hybridized carbons (Fsp3) is 0.615. The maximum absolute atomic E-state index is 6.64. The Morgan fingerprint density at radius 1 is 1.03 bits per heavy atom. The first-order chi connectivity index (χ1) is 17.3. The van der Waals surface area contributed by atoms with Gasteiger partial charge in [0.15, 0.2) is 5.82 Å². The fourth-order valence-corrected chi connectivity index (χ4v) is 5.92. The van der Waals surface area contributed by atoms with Gasteiger partial charge in [-0.2, -0.15) is 10.2 Å². The minimum Gasteiger partial charge on any atom is -0.378 e. The van der Waals surface area contributed by atoms with Gasteiger partial charge in [-0.25, -0.2) is 0 Å². The molecule has 3 aliphatic heterocycles. The normalized spacial score (nSPS) is 21.3. The Labute approximate surface area is 223 Å². The molecule has 5 heterocycles. The van der Waals surface area contributed by atoms with Crippen molar-refractivity contribution in [1.82, 2.24) is 30.2 Å². The number of hydrogen-bond donors (Lipinski definition) is 2. The van der Waals surface area contributed by atoms with E-state index < -0.39 is 0 Å². The number of anilines is 1. The highest BCUT2D eigenvalue weighted by Gasteiger charge is 2.34. The maximum atomic E-state index is 6.64. The molecule has 0 spiro atoms. The lowest BCUT2D eigenvalue weighted by atomic mass is 9.89. The Balaban J connectivity index is 0.000000202. The summed E-state index contributed by atoms with van der Waals surface area (Å²) in [7, 11) is 2.19. The molecule has 2 aromatic heterocycles. The zero-order chi connectivity index (χ0) is 25.4. The predicted octanol–water partition coefficient (Wildman–Crippen LogP) is 4.97. The van der Waals surface area contributed by atoms with Crippen LogP contribution in [0.3, 0.4) is 0 Å². The van der Waals surface area contributed by atoms with Crippen molar-refractivity contribution >= 4 is 39.9 Å². The largest absolute Gasteiger partial charge is 0.378 e. The average Bonchev–Trinajstić information content (AvgIpc) is 3.42. The number of rotatable bonds is 3. The predicted molar refractivity (Wildman–Crippen MR) is 147 cm³/mol. The number of halogens is 2. The number of H-pyrrole nitrogens is 2. The van der Waals surface area contributed by atoms with Gasteiger partial charge in [-0.05, 0) is 53.1 Å². The quantitative estimate of drug-likeness (QED) is 0.494. The number of piperazine rings is 1. The zero-order valence-corrected chi connectivity index (χ0v) is 23.2. The van der Waals surface area contributed by atoms with Gasteiger partial charge in [0, 0.05) is 60.5 Å². The molecule has 3 fully saturated rings. The number of piperidine rings is 1. The summed E-state index contributed by atoms with van der Waals surface area (Å²) in [4.78, 5) is 7.32. The van der Waals surface area contributed by atoms with E-state index in [0.29, 0.717) is 10.0 Å². The molecule has 0 aliphatic carbocycles. The Morgan fingerprint density at radius 3 is 2.44 bits per heavy atom. The molecule has 8 nitrogen and oxygen atoms in total. The van der Waals surface area contributed by atoms with E-state index in [1.807, 2.05) is 13.0 Å². The van der Waals surface area contributed by atoms with Crippen LogP contribution in [-0.4, -0.2) is 94.8 Å². The van der Waals surface area contributed by atoms with E-state index in [1.54, 1.807) is 6.20 Å². The summed E-state index contributed by atoms with van der Waals surface area (Å²) in [6.07, 6.45) is 5.35. The first kappa shape index (κ1) is 25.8. The molecule has 196 valence electrons. The van der Waals surface area contributed by atoms with Crippen molar-refractivity contribution in [2.45, 2.75) is 51.6 Å². The number of nitrogens with one attached hydrogen (secondary N) is 2. The molecule has 6 rings (SSSR count). The molecule has 0 atom stereocenters. The maximum Gasteiger partial charge on any atom is 0.159 e. The van der Waals surface area contributed by atoms with Crippen molar-refractivity contribution in [1.29, 1.82) is 0 Å². The van der Waals surface area contributed by atoms with E-state index in [9.17, 15) is 0 Å². The highest BCUT2D eigenvalue weighted by Crippen LogP contribution is 2.46. The van der Waals surface area contributed by atoms with Crippen molar-refractivity contribution in [3.63, 3.8) is 0 Å². The molecule has 3 saturated heterocycles. The minimum atomic E-state index is 0.0508. The summed E-state index contributed by atoms with van der Waals surface area (Å²) in [5.41, 5.74) is 3.79. The summed E-state index contributed by atoms with van der Waals surface area (Å²) in [6, 6.07) is 2.55. The van der Waals surface area contributed by atoms with Gasteiger partial charge in [-0.3, -0.25) is 15.1 Å². The number of aryl methyl sites for hydroxylation is 1. The summed E-state index contributed by atoms with van der Waals surface area (Å²) in [5.74, 6) is 0.939. The van der Waals surface area contributed by atoms with Crippen LogP contribution in [-0.2, 0) is 4.74 Å². The number of aromatic amines is 2. The molecule has 10 heteroatoms. The third kappa shape index (κ3) is 4.98. The third-order valence-electron chi connectivity index (χ3n) is 7.90. The molecule has 0 radical (unpaired) electrons. The smallest absolute Gasteiger partial charge is 0.159 e. The van der Waals surface area contributed by atoms with Gasteiger partial charge in [-0.15, -0.1) is 0 Å². The van der Waals surface area contributed by atoms with Crippen molar-refractivity contribution in [2.24, 2.45) is 0 Å². The Hall–Kier alpha value is -1.84. The lowest BCUT2D eigenvalue weighted by Gasteiger charge is -2.43. The van der Waals surface area contributed by atoms with Crippen LogP contribution in [0.5, 0.6) is 0 Å². The van der Waals surface area contributed by atoms with Gasteiger partial charge < -0.3 is 14.5 Å². The monoisotopic (exact) mass is 533 g/mol. The van der Waals surface area contributed by atoms with E-state index in [4.69, 9.17) is 27.9 Å². The van der Waals surface area contributed by atoms with E-state index in [0.717, 1.165) is 65.8 Å². The van der Waals surface area contributed by atoms with Gasteiger partial charge in [0.05, 0.1) is 41.0 Å². The minimum absolute atomic E-state index is 0.0508. The van der Waals surface area contributed by atoms with Crippen LogP contribution < -0.4 is 4.90 Å². The van der Waals surface area contributed by atoms with Crippen LogP contribution in [0.4, 0.5) is 5.82 Å². The van der Waals surface area contributed by atoms with E-state index in [2.05, 4.69) is 56.0 Å². The molecule has 2 N–H and O–H groups in total. The molecule has 0 bridgehead atoms. The van der Waals surface area contributed by atoms with Crippen LogP contribution in [0.15, 0.2) is 12.3 Å². The Kier molecular flexibility index (Phi) is 7.52. The Morgan fingerprint density at radius 2 is 1.78 bits per heavy atom. The number of fused-ring (bicyclic) bond motifs is 1. The third-order valence-corrected chi connectivity index (χ3v) is 8.69. The second-order valence-electron chi connectivity index (χ2n) is 10.9. The number of ether oxygens (including phenoxy) is 1. The molecule has 0 saturated carbocycles. The van der Waals surface area contributed by atoms with Gasteiger partial charge in [0.2, 0.25) is 0 Å². The molecule has 0 unspecified atom stereocenters. The zero-order valence-electron chi connectivity index (χ0n) is 21.7. The van der Waals surface area contributed by atoms with Gasteiger partial charge in [0.25, 0.3) is 0 Å². The summed E-state index contributed by atoms with van der Waals surface area (Å²) >= 11 is 13.0. The summed E-state index contributed by atoms with van der Waals surface area (Å²) in [6.45, 7) is 14.4. The topological polar surface area (TPSA) is 76.3 Å². The van der Waals surface area contributed by atoms with Gasteiger partial charge >= 0.3 is 0 Å². The first-order valence-electron chi connectivity index (χ1n) is 12.9. The number of nitrogens with zero attached hydrogens (tertiary/aromatic N) is 5. The van der Waals surface area contributed by atoms with Crippen molar-refractivity contribution in [2.75, 3.05) is 57.9 Å². The number of benzene rings is 1. The SMILES string of the molecule is CN1CCN(C2COC2)CC1.Cc1[nH]nc(N2CCCCC2(C)C)c1-c1c(Cl)c(Cl)cc2[nH]ncc12. The molecule has 36 heavy (non-hydrogen) atoms. The molecular formula is C26H37Cl2N7O. The van der Waals surface area contributed by atoms with Crippen LogP contribution in [0.1, 0.15) is 38.8 Å². The summed E-state index contributed by atoms with van der Waals surface area (Å²) in [5, 5.41) is 17.0. The number of hydrogen-bond acceptors (Lipinski definition) is 6. The second kappa shape index (κ2) is 10.5. The molecule has 3 aromatic rings. The number of aromatic nitrogens is 4. The first-order valence-corrected chi connectivity index (χ1v) is 13.7. The average molecular weight is 535 g/mol. The highest BCUT2D eigenvalue weighted by atomic mass is 35.5. The molecular weight excluding hydrogens is 497 g/mol. The molecule has 0 amide bonds. The van der Waals surface area contributed by atoms with Crippen molar-refractivity contribution in [3.8, 4) is 11.1 Å². The van der Waals surface area contributed by atoms with Crippen molar-refractivity contribution < 1.29 is 4.74 Å². The summed E-state index contributed by atoms with van der Waals surface area (Å²) < 4.78 is 5.16. The van der Waals surface area contributed by atoms with Gasteiger partial charge in [0.1, 0.15) is 0 Å². The standard InChI is InChI=1S/C18H21Cl2N5.C8H16N2O/c1-10-14(15-11-9-21-23-13(11)8-12(19)16(15)20)17(24-22-10)25-7-5-4-6-18(25,2)3;1-9-2-4-10(5-3-9)8-6-11-7-8/h8-9H,4-7H2,1-3H3,(H,21,23)(H,22,24);8H,2-7H2,1H3. The van der Waals surface area contributed by atoms with Crippen molar-refractivity contribution in [3.05, 3.63) is 28.0 Å². The highest BCUT2D eigenvalue weighted by molar-refractivity contribution is 6.45. The fourth-order valence-electron chi connectivity index (χ4n) is 5.47. The van der Waals surface area contributed by atoms with Crippen LogP contribution in [0, 0.1) is 6.92 Å². The van der Waals surface area contributed by atoms with E-state index in [1.165, 1.54) is 39.0 Å².